The van der Waals surface area contributed by atoms with Gasteiger partial charge in [0.05, 0.1) is 11.6 Å². The number of nitrogens with zero attached hydrogens (tertiary/aromatic N) is 3. The Morgan fingerprint density at radius 2 is 2.24 bits per heavy atom. The van der Waals surface area contributed by atoms with Crippen LogP contribution in [0.5, 0.6) is 0 Å². The molecule has 0 aliphatic rings. The number of hydrogen-bond donors (Lipinski definition) is 3. The van der Waals surface area contributed by atoms with Gasteiger partial charge in [0, 0.05) is 5.02 Å². The third-order valence-electron chi connectivity index (χ3n) is 2.99. The van der Waals surface area contributed by atoms with E-state index in [0.717, 1.165) is 16.5 Å². The lowest BCUT2D eigenvalue weighted by Gasteiger charge is -2.02. The first-order chi connectivity index (χ1) is 10.1. The molecule has 3 rings (SSSR count). The minimum atomic E-state index is 0.518. The highest BCUT2D eigenvalue weighted by molar-refractivity contribution is 6.30. The number of pyridine rings is 1. The van der Waals surface area contributed by atoms with Crippen LogP contribution in [0.15, 0.2) is 35.4 Å². The molecule has 0 unspecified atom stereocenters. The summed E-state index contributed by atoms with van der Waals surface area (Å²) in [5, 5.41) is 12.4. The van der Waals surface area contributed by atoms with E-state index < -0.39 is 0 Å². The number of hydrogen-bond acceptors (Lipinski definition) is 5. The van der Waals surface area contributed by atoms with Gasteiger partial charge in [0.25, 0.3) is 0 Å². The van der Waals surface area contributed by atoms with Crippen LogP contribution in [0.3, 0.4) is 0 Å². The molecule has 0 aliphatic heterocycles. The quantitative estimate of drug-likeness (QED) is 0.512. The van der Waals surface area contributed by atoms with Gasteiger partial charge in [-0.05, 0) is 36.2 Å². The molecule has 106 valence electrons. The number of nitrogen functional groups attached to an aromatic ring is 1. The van der Waals surface area contributed by atoms with Crippen molar-refractivity contribution in [1.29, 1.82) is 0 Å². The van der Waals surface area contributed by atoms with Crippen molar-refractivity contribution in [2.45, 2.75) is 6.92 Å². The van der Waals surface area contributed by atoms with Crippen LogP contribution < -0.4 is 11.2 Å². The van der Waals surface area contributed by atoms with Crippen LogP contribution >= 0.6 is 11.6 Å². The van der Waals surface area contributed by atoms with Crippen LogP contribution in [-0.4, -0.2) is 21.4 Å². The maximum absolute atomic E-state index is 5.91. The second-order valence-electron chi connectivity index (χ2n) is 4.59. The molecule has 0 fully saturated rings. The summed E-state index contributed by atoms with van der Waals surface area (Å²) in [5.74, 6) is 1.12. The van der Waals surface area contributed by atoms with E-state index in [-0.39, 0.29) is 0 Å². The zero-order valence-corrected chi connectivity index (χ0v) is 12.0. The smallest absolute Gasteiger partial charge is 0.185 e. The maximum Gasteiger partial charge on any atom is 0.185 e. The Bertz CT molecular complexity index is 823. The minimum absolute atomic E-state index is 0.518. The Labute approximate surface area is 126 Å². The normalized spacial score (nSPS) is 11.3. The van der Waals surface area contributed by atoms with E-state index in [9.17, 15) is 0 Å². The van der Waals surface area contributed by atoms with Gasteiger partial charge in [0.15, 0.2) is 5.65 Å². The molecule has 0 radical (unpaired) electrons. The summed E-state index contributed by atoms with van der Waals surface area (Å²) in [5.41, 5.74) is 11.1. The van der Waals surface area contributed by atoms with Crippen molar-refractivity contribution in [3.8, 4) is 0 Å². The van der Waals surface area contributed by atoms with Crippen LogP contribution in [0.1, 0.15) is 11.1 Å². The van der Waals surface area contributed by atoms with Gasteiger partial charge in [0.1, 0.15) is 11.6 Å². The number of nitrogens with one attached hydrogen (secondary N) is 2. The predicted molar refractivity (Wildman–Crippen MR) is 85.7 cm³/mol. The van der Waals surface area contributed by atoms with E-state index in [1.165, 1.54) is 0 Å². The average Bonchev–Trinajstić information content (AvgIpc) is 2.81. The second kappa shape index (κ2) is 5.41. The number of nitrogens with two attached hydrogens (primary N) is 1. The largest absolute Gasteiger partial charge is 0.384 e. The summed E-state index contributed by atoms with van der Waals surface area (Å²) in [6.07, 6.45) is 1.67. The van der Waals surface area contributed by atoms with Crippen LogP contribution in [0, 0.1) is 6.92 Å². The van der Waals surface area contributed by atoms with E-state index in [1.807, 2.05) is 37.3 Å². The Morgan fingerprint density at radius 3 is 3.05 bits per heavy atom. The number of rotatable bonds is 3. The van der Waals surface area contributed by atoms with Gasteiger partial charge >= 0.3 is 0 Å². The first kappa shape index (κ1) is 13.4. The lowest BCUT2D eigenvalue weighted by molar-refractivity contribution is 1.10. The minimum Gasteiger partial charge on any atom is -0.384 e. The van der Waals surface area contributed by atoms with Gasteiger partial charge in [-0.2, -0.15) is 10.2 Å². The highest BCUT2D eigenvalue weighted by Gasteiger charge is 2.08. The number of halogens is 1. The van der Waals surface area contributed by atoms with Gasteiger partial charge in [-0.3, -0.25) is 10.5 Å². The third kappa shape index (κ3) is 2.80. The summed E-state index contributed by atoms with van der Waals surface area (Å²) in [6.45, 7) is 1.95. The molecule has 0 atom stereocenters. The molecule has 0 saturated heterocycles. The lowest BCUT2D eigenvalue weighted by atomic mass is 10.2. The van der Waals surface area contributed by atoms with Crippen molar-refractivity contribution in [2.24, 2.45) is 5.10 Å². The number of anilines is 2. The summed E-state index contributed by atoms with van der Waals surface area (Å²) in [7, 11) is 0. The number of aromatic amines is 1. The Balaban J connectivity index is 1.82. The molecule has 0 saturated carbocycles. The van der Waals surface area contributed by atoms with E-state index >= 15 is 0 Å². The Kier molecular flexibility index (Phi) is 3.45. The summed E-state index contributed by atoms with van der Waals surface area (Å²) >= 11 is 5.91. The van der Waals surface area contributed by atoms with Crippen LogP contribution in [-0.2, 0) is 0 Å². The molecule has 2 aromatic heterocycles. The van der Waals surface area contributed by atoms with Crippen molar-refractivity contribution >= 4 is 40.5 Å². The number of aryl methyl sites for hydroxylation is 1. The fraction of sp³-hybridized carbons (Fsp3) is 0.0714. The number of hydrazone groups is 1. The zero-order valence-electron chi connectivity index (χ0n) is 11.3. The number of aromatic nitrogens is 3. The third-order valence-corrected chi connectivity index (χ3v) is 3.23. The van der Waals surface area contributed by atoms with Crippen molar-refractivity contribution < 1.29 is 0 Å². The standard InChI is InChI=1S/C14H13ClN6/c1-8-5-11(18-14-12(8)13(16)20-21-14)19-17-7-9-3-2-4-10(15)6-9/h2-7H,1H3,(H4,16,18,19,20,21). The number of benzene rings is 1. The molecule has 6 nitrogen and oxygen atoms in total. The molecular formula is C14H13ClN6. The van der Waals surface area contributed by atoms with Crippen molar-refractivity contribution in [1.82, 2.24) is 15.2 Å². The molecule has 21 heavy (non-hydrogen) atoms. The number of H-pyrrole nitrogens is 1. The molecule has 0 amide bonds. The van der Waals surface area contributed by atoms with Gasteiger partial charge in [-0.25, -0.2) is 4.98 Å². The Morgan fingerprint density at radius 1 is 1.38 bits per heavy atom. The van der Waals surface area contributed by atoms with E-state index in [1.54, 1.807) is 6.21 Å². The second-order valence-corrected chi connectivity index (χ2v) is 5.02. The zero-order chi connectivity index (χ0) is 14.8. The number of fused-ring (bicyclic) bond motifs is 1. The summed E-state index contributed by atoms with van der Waals surface area (Å²) in [6, 6.07) is 9.28. The topological polar surface area (TPSA) is 92.0 Å². The maximum atomic E-state index is 5.91. The van der Waals surface area contributed by atoms with Crippen LogP contribution in [0.25, 0.3) is 11.0 Å². The highest BCUT2D eigenvalue weighted by atomic mass is 35.5. The van der Waals surface area contributed by atoms with Gasteiger partial charge < -0.3 is 5.73 Å². The fourth-order valence-electron chi connectivity index (χ4n) is 2.06. The molecule has 7 heteroatoms. The van der Waals surface area contributed by atoms with Crippen molar-refractivity contribution in [2.75, 3.05) is 11.2 Å². The summed E-state index contributed by atoms with van der Waals surface area (Å²) in [4.78, 5) is 4.33. The highest BCUT2D eigenvalue weighted by Crippen LogP contribution is 2.22. The molecule has 0 spiro atoms. The summed E-state index contributed by atoms with van der Waals surface area (Å²) < 4.78 is 0. The fourth-order valence-corrected chi connectivity index (χ4v) is 2.25. The molecule has 1 aromatic carbocycles. The van der Waals surface area contributed by atoms with E-state index in [2.05, 4.69) is 25.7 Å². The first-order valence-corrected chi connectivity index (χ1v) is 6.67. The van der Waals surface area contributed by atoms with E-state index in [0.29, 0.717) is 22.3 Å². The van der Waals surface area contributed by atoms with Crippen molar-refractivity contribution in [3.63, 3.8) is 0 Å². The van der Waals surface area contributed by atoms with Crippen molar-refractivity contribution in [3.05, 3.63) is 46.5 Å². The molecule has 2 heterocycles. The van der Waals surface area contributed by atoms with Crippen LogP contribution in [0.2, 0.25) is 5.02 Å². The van der Waals surface area contributed by atoms with Gasteiger partial charge in [-0.1, -0.05) is 23.7 Å². The van der Waals surface area contributed by atoms with Gasteiger partial charge in [0.2, 0.25) is 0 Å². The van der Waals surface area contributed by atoms with Gasteiger partial charge in [-0.15, -0.1) is 0 Å². The monoisotopic (exact) mass is 300 g/mol. The molecule has 0 bridgehead atoms. The average molecular weight is 301 g/mol. The SMILES string of the molecule is Cc1cc(NN=Cc2cccc(Cl)c2)nc2n[nH]c(N)c12. The van der Waals surface area contributed by atoms with E-state index in [4.69, 9.17) is 17.3 Å². The molecule has 4 N–H and O–H groups in total. The molecule has 0 aliphatic carbocycles. The predicted octanol–water partition coefficient (Wildman–Crippen LogP) is 2.95. The Hall–Kier alpha value is -2.60. The lowest BCUT2D eigenvalue weighted by Crippen LogP contribution is -1.95. The first-order valence-electron chi connectivity index (χ1n) is 6.29. The van der Waals surface area contributed by atoms with Crippen LogP contribution in [0.4, 0.5) is 11.6 Å². The molecule has 3 aromatic rings. The molecular weight excluding hydrogens is 288 g/mol.